The first-order chi connectivity index (χ1) is 7.97. The van der Waals surface area contributed by atoms with Crippen molar-refractivity contribution in [3.63, 3.8) is 0 Å². The van der Waals surface area contributed by atoms with Crippen molar-refractivity contribution in [3.8, 4) is 0 Å². The number of rotatable bonds is 1. The van der Waals surface area contributed by atoms with E-state index in [9.17, 15) is 0 Å². The zero-order chi connectivity index (χ0) is 12.5. The van der Waals surface area contributed by atoms with Gasteiger partial charge in [0.05, 0.1) is 0 Å². The van der Waals surface area contributed by atoms with Gasteiger partial charge in [-0.2, -0.15) is 0 Å². The number of benzene rings is 1. The van der Waals surface area contributed by atoms with Crippen LogP contribution in [0, 0.1) is 0 Å². The van der Waals surface area contributed by atoms with Crippen LogP contribution in [0.5, 0.6) is 0 Å². The van der Waals surface area contributed by atoms with Crippen LogP contribution in [0.25, 0.3) is 0 Å². The number of hydrogen-bond acceptors (Lipinski definition) is 1. The maximum Gasteiger partial charge on any atom is -0.00159 e. The molecule has 0 atom stereocenters. The van der Waals surface area contributed by atoms with E-state index in [-0.39, 0.29) is 5.41 Å². The predicted octanol–water partition coefficient (Wildman–Crippen LogP) is 3.79. The Morgan fingerprint density at radius 3 is 2.35 bits per heavy atom. The molecular formula is C16H25N. The second-order valence-corrected chi connectivity index (χ2v) is 6.45. The first kappa shape index (κ1) is 12.6. The molecule has 0 saturated carbocycles. The van der Waals surface area contributed by atoms with Crippen molar-refractivity contribution in [2.75, 3.05) is 20.1 Å². The molecule has 17 heavy (non-hydrogen) atoms. The molecule has 0 radical (unpaired) electrons. The van der Waals surface area contributed by atoms with Crippen LogP contribution in [0.15, 0.2) is 24.3 Å². The van der Waals surface area contributed by atoms with E-state index >= 15 is 0 Å². The summed E-state index contributed by atoms with van der Waals surface area (Å²) in [4.78, 5) is 2.43. The van der Waals surface area contributed by atoms with E-state index in [1.54, 1.807) is 5.56 Å². The van der Waals surface area contributed by atoms with Crippen molar-refractivity contribution < 1.29 is 0 Å². The van der Waals surface area contributed by atoms with E-state index < -0.39 is 0 Å². The average molecular weight is 231 g/mol. The van der Waals surface area contributed by atoms with Crippen LogP contribution >= 0.6 is 0 Å². The van der Waals surface area contributed by atoms with Crippen LogP contribution in [0.2, 0.25) is 0 Å². The van der Waals surface area contributed by atoms with Gasteiger partial charge in [-0.1, -0.05) is 45.0 Å². The molecule has 0 N–H and O–H groups in total. The van der Waals surface area contributed by atoms with Crippen molar-refractivity contribution in [1.29, 1.82) is 0 Å². The van der Waals surface area contributed by atoms with Gasteiger partial charge in [0, 0.05) is 0 Å². The molecule has 1 heteroatoms. The summed E-state index contributed by atoms with van der Waals surface area (Å²) in [5.41, 5.74) is 3.28. The van der Waals surface area contributed by atoms with Gasteiger partial charge in [-0.05, 0) is 55.4 Å². The van der Waals surface area contributed by atoms with Crippen molar-refractivity contribution in [1.82, 2.24) is 4.90 Å². The topological polar surface area (TPSA) is 3.24 Å². The molecule has 0 aliphatic carbocycles. The Hall–Kier alpha value is -0.820. The Kier molecular flexibility index (Phi) is 3.58. The highest BCUT2D eigenvalue weighted by Gasteiger charge is 2.20. The fraction of sp³-hybridized carbons (Fsp3) is 0.625. The zero-order valence-electron chi connectivity index (χ0n) is 11.7. The lowest BCUT2D eigenvalue weighted by atomic mass is 9.82. The molecule has 1 fully saturated rings. The lowest BCUT2D eigenvalue weighted by Crippen LogP contribution is -2.29. The SMILES string of the molecule is CN1CCC(c2cccc(C(C)(C)C)c2)CC1. The smallest absolute Gasteiger partial charge is 0.00159 e. The Morgan fingerprint density at radius 2 is 1.76 bits per heavy atom. The maximum atomic E-state index is 2.43. The lowest BCUT2D eigenvalue weighted by Gasteiger charge is -2.30. The first-order valence-electron chi connectivity index (χ1n) is 6.76. The van der Waals surface area contributed by atoms with Crippen molar-refractivity contribution in [3.05, 3.63) is 35.4 Å². The highest BCUT2D eigenvalue weighted by molar-refractivity contribution is 5.31. The van der Waals surface area contributed by atoms with E-state index in [0.717, 1.165) is 5.92 Å². The van der Waals surface area contributed by atoms with E-state index in [4.69, 9.17) is 0 Å². The van der Waals surface area contributed by atoms with Crippen molar-refractivity contribution >= 4 is 0 Å². The molecule has 0 spiro atoms. The van der Waals surface area contributed by atoms with E-state index in [1.807, 2.05) is 0 Å². The van der Waals surface area contributed by atoms with Gasteiger partial charge in [-0.15, -0.1) is 0 Å². The summed E-state index contributed by atoms with van der Waals surface area (Å²) >= 11 is 0. The standard InChI is InChI=1S/C16H25N/c1-16(2,3)15-7-5-6-14(12-15)13-8-10-17(4)11-9-13/h5-7,12-13H,8-11H2,1-4H3. The molecule has 0 unspecified atom stereocenters. The van der Waals surface area contributed by atoms with Gasteiger partial charge >= 0.3 is 0 Å². The van der Waals surface area contributed by atoms with E-state index in [1.165, 1.54) is 31.5 Å². The Morgan fingerprint density at radius 1 is 1.12 bits per heavy atom. The molecule has 0 aromatic heterocycles. The van der Waals surface area contributed by atoms with Crippen LogP contribution in [0.1, 0.15) is 50.7 Å². The minimum absolute atomic E-state index is 0.265. The quantitative estimate of drug-likeness (QED) is 0.710. The van der Waals surface area contributed by atoms with Crippen LogP contribution < -0.4 is 0 Å². The predicted molar refractivity (Wildman–Crippen MR) is 74.6 cm³/mol. The minimum atomic E-state index is 0.265. The van der Waals surface area contributed by atoms with Crippen molar-refractivity contribution in [2.24, 2.45) is 0 Å². The molecule has 0 amide bonds. The first-order valence-corrected chi connectivity index (χ1v) is 6.76. The second-order valence-electron chi connectivity index (χ2n) is 6.45. The van der Waals surface area contributed by atoms with Gasteiger partial charge in [0.25, 0.3) is 0 Å². The third-order valence-electron chi connectivity index (χ3n) is 3.94. The molecule has 1 aromatic rings. The number of piperidine rings is 1. The van der Waals surface area contributed by atoms with Gasteiger partial charge in [0.2, 0.25) is 0 Å². The highest BCUT2D eigenvalue weighted by Crippen LogP contribution is 2.30. The van der Waals surface area contributed by atoms with Crippen molar-refractivity contribution in [2.45, 2.75) is 44.9 Å². The number of likely N-dealkylation sites (tertiary alicyclic amines) is 1. The fourth-order valence-corrected chi connectivity index (χ4v) is 2.60. The summed E-state index contributed by atoms with van der Waals surface area (Å²) in [7, 11) is 2.22. The number of nitrogens with zero attached hydrogens (tertiary/aromatic N) is 1. The zero-order valence-corrected chi connectivity index (χ0v) is 11.7. The Balaban J connectivity index is 2.16. The van der Waals surface area contributed by atoms with Gasteiger partial charge in [-0.3, -0.25) is 0 Å². The normalized spacial score (nSPS) is 19.5. The summed E-state index contributed by atoms with van der Waals surface area (Å²) in [5, 5.41) is 0. The highest BCUT2D eigenvalue weighted by atomic mass is 15.1. The molecule has 1 aliphatic heterocycles. The molecule has 1 heterocycles. The van der Waals surface area contributed by atoms with Crippen LogP contribution in [0.3, 0.4) is 0 Å². The Labute approximate surface area is 106 Å². The summed E-state index contributed by atoms with van der Waals surface area (Å²) in [6.45, 7) is 9.36. The molecule has 2 rings (SSSR count). The molecule has 94 valence electrons. The summed E-state index contributed by atoms with van der Waals surface area (Å²) in [5.74, 6) is 0.772. The van der Waals surface area contributed by atoms with Gasteiger partial charge in [-0.25, -0.2) is 0 Å². The molecule has 1 nitrogen and oxygen atoms in total. The van der Waals surface area contributed by atoms with Crippen LogP contribution in [0.4, 0.5) is 0 Å². The van der Waals surface area contributed by atoms with Crippen LogP contribution in [-0.4, -0.2) is 25.0 Å². The van der Waals surface area contributed by atoms with E-state index in [2.05, 4.69) is 57.0 Å². The summed E-state index contributed by atoms with van der Waals surface area (Å²) < 4.78 is 0. The Bertz CT molecular complexity index is 367. The van der Waals surface area contributed by atoms with Gasteiger partial charge in [0.15, 0.2) is 0 Å². The summed E-state index contributed by atoms with van der Waals surface area (Å²) in [6.07, 6.45) is 2.62. The van der Waals surface area contributed by atoms with Gasteiger partial charge in [0.1, 0.15) is 0 Å². The molecule has 1 aliphatic rings. The number of hydrogen-bond donors (Lipinski definition) is 0. The maximum absolute atomic E-state index is 2.43. The monoisotopic (exact) mass is 231 g/mol. The molecule has 1 aromatic carbocycles. The minimum Gasteiger partial charge on any atom is -0.306 e. The third kappa shape index (κ3) is 3.10. The third-order valence-corrected chi connectivity index (χ3v) is 3.94. The second kappa shape index (κ2) is 4.81. The largest absolute Gasteiger partial charge is 0.306 e. The van der Waals surface area contributed by atoms with Gasteiger partial charge < -0.3 is 4.90 Å². The average Bonchev–Trinajstić information content (AvgIpc) is 2.29. The lowest BCUT2D eigenvalue weighted by molar-refractivity contribution is 0.255. The summed E-state index contributed by atoms with van der Waals surface area (Å²) in [6, 6.07) is 9.23. The van der Waals surface area contributed by atoms with Crippen LogP contribution in [-0.2, 0) is 5.41 Å². The molecular weight excluding hydrogens is 206 g/mol. The molecule has 0 bridgehead atoms. The van der Waals surface area contributed by atoms with E-state index in [0.29, 0.717) is 0 Å². The molecule has 1 saturated heterocycles. The fourth-order valence-electron chi connectivity index (χ4n) is 2.60.